The molecule has 8 nitrogen and oxygen atoms in total. The fourth-order valence-corrected chi connectivity index (χ4v) is 5.02. The summed E-state index contributed by atoms with van der Waals surface area (Å²) in [5, 5.41) is 0. The Morgan fingerprint density at radius 3 is 2.52 bits per heavy atom. The van der Waals surface area contributed by atoms with Crippen molar-refractivity contribution >= 4 is 15.7 Å². The molecule has 0 atom stereocenters. The molecule has 5 rings (SSSR count). The summed E-state index contributed by atoms with van der Waals surface area (Å²) < 4.78 is 36.0. The van der Waals surface area contributed by atoms with Gasteiger partial charge in [0.25, 0.3) is 10.0 Å². The molecule has 0 fully saturated rings. The molecule has 9 heteroatoms. The number of hydrogen-bond acceptors (Lipinski definition) is 6. The van der Waals surface area contributed by atoms with Crippen LogP contribution >= 0.6 is 0 Å². The summed E-state index contributed by atoms with van der Waals surface area (Å²) in [7, 11) is -3.67. The largest absolute Gasteiger partial charge is 0.439 e. The molecule has 1 aliphatic rings. The maximum absolute atomic E-state index is 12.9. The fourth-order valence-electron chi connectivity index (χ4n) is 3.91. The summed E-state index contributed by atoms with van der Waals surface area (Å²) in [5.74, 6) is 2.12. The highest BCUT2D eigenvalue weighted by atomic mass is 32.2. The van der Waals surface area contributed by atoms with Crippen LogP contribution in [0.25, 0.3) is 5.82 Å². The van der Waals surface area contributed by atoms with Gasteiger partial charge in [-0.2, -0.15) is 4.98 Å². The number of aryl methyl sites for hydroxylation is 3. The van der Waals surface area contributed by atoms with Crippen LogP contribution in [-0.4, -0.2) is 27.9 Å². The molecule has 2 aromatic heterocycles. The van der Waals surface area contributed by atoms with Gasteiger partial charge >= 0.3 is 0 Å². The Hall–Kier alpha value is -3.72. The van der Waals surface area contributed by atoms with Crippen LogP contribution in [0.5, 0.6) is 11.6 Å². The normalized spacial score (nSPS) is 13.4. The summed E-state index contributed by atoms with van der Waals surface area (Å²) in [5.41, 5.74) is 2.83. The predicted octanol–water partition coefficient (Wildman–Crippen LogP) is 4.44. The van der Waals surface area contributed by atoms with Crippen LogP contribution in [0, 0.1) is 6.92 Å². The third-order valence-corrected chi connectivity index (χ3v) is 6.91. The summed E-state index contributed by atoms with van der Waals surface area (Å²) in [6, 6.07) is 13.8. The second kappa shape index (κ2) is 8.67. The molecular formula is C24H23N5O3S. The SMILES string of the molecule is Cc1nc(Oc2ccc(NS(=O)(=O)c3ccc4c(c3)CCCC4)cc2)cc(-n2ccnc2)n1. The molecule has 0 radical (unpaired) electrons. The smallest absolute Gasteiger partial charge is 0.261 e. The molecular weight excluding hydrogens is 438 g/mol. The van der Waals surface area contributed by atoms with Gasteiger partial charge in [0.2, 0.25) is 5.88 Å². The first-order valence-electron chi connectivity index (χ1n) is 10.7. The first-order chi connectivity index (χ1) is 16.0. The molecule has 4 aromatic rings. The number of hydrogen-bond donors (Lipinski definition) is 1. The number of anilines is 1. The van der Waals surface area contributed by atoms with Crippen molar-refractivity contribution in [3.63, 3.8) is 0 Å². The van der Waals surface area contributed by atoms with E-state index in [0.717, 1.165) is 31.2 Å². The van der Waals surface area contributed by atoms with Gasteiger partial charge in [0.15, 0.2) is 0 Å². The van der Waals surface area contributed by atoms with Gasteiger partial charge in [-0.1, -0.05) is 6.07 Å². The lowest BCUT2D eigenvalue weighted by Crippen LogP contribution is -2.14. The van der Waals surface area contributed by atoms with Gasteiger partial charge < -0.3 is 4.74 Å². The minimum atomic E-state index is -3.67. The lowest BCUT2D eigenvalue weighted by atomic mass is 9.92. The molecule has 0 spiro atoms. The van der Waals surface area contributed by atoms with Crippen molar-refractivity contribution in [2.24, 2.45) is 0 Å². The topological polar surface area (TPSA) is 99.0 Å². The molecule has 33 heavy (non-hydrogen) atoms. The average Bonchev–Trinajstić information content (AvgIpc) is 3.35. The molecule has 2 heterocycles. The summed E-state index contributed by atoms with van der Waals surface area (Å²) in [6.45, 7) is 1.78. The second-order valence-electron chi connectivity index (χ2n) is 7.95. The zero-order valence-corrected chi connectivity index (χ0v) is 18.9. The van der Waals surface area contributed by atoms with Crippen LogP contribution in [0.4, 0.5) is 5.69 Å². The molecule has 0 amide bonds. The number of benzene rings is 2. The van der Waals surface area contributed by atoms with Gasteiger partial charge in [0.1, 0.15) is 23.7 Å². The van der Waals surface area contributed by atoms with E-state index in [-0.39, 0.29) is 4.90 Å². The van der Waals surface area contributed by atoms with E-state index in [1.807, 2.05) is 6.07 Å². The minimum Gasteiger partial charge on any atom is -0.439 e. The molecule has 0 unspecified atom stereocenters. The Bertz CT molecular complexity index is 1380. The van der Waals surface area contributed by atoms with Crippen LogP contribution in [0.2, 0.25) is 0 Å². The lowest BCUT2D eigenvalue weighted by molar-refractivity contribution is 0.459. The maximum atomic E-state index is 12.9. The van der Waals surface area contributed by atoms with E-state index < -0.39 is 10.0 Å². The van der Waals surface area contributed by atoms with E-state index in [9.17, 15) is 8.42 Å². The lowest BCUT2D eigenvalue weighted by Gasteiger charge is -2.17. The Morgan fingerprint density at radius 2 is 1.76 bits per heavy atom. The van der Waals surface area contributed by atoms with Crippen LogP contribution < -0.4 is 9.46 Å². The monoisotopic (exact) mass is 461 g/mol. The quantitative estimate of drug-likeness (QED) is 0.456. The first kappa shape index (κ1) is 21.1. The standard InChI is InChI=1S/C24H23N5O3S/c1-17-26-23(29-13-12-25-16-29)15-24(27-17)32-21-9-7-20(8-10-21)28-33(30,31)22-11-6-18-4-2-3-5-19(18)14-22/h6-16,28H,2-5H2,1H3. The van der Waals surface area contributed by atoms with Crippen molar-refractivity contribution < 1.29 is 13.2 Å². The second-order valence-corrected chi connectivity index (χ2v) is 9.63. The Kier molecular flexibility index (Phi) is 5.55. The zero-order chi connectivity index (χ0) is 22.8. The van der Waals surface area contributed by atoms with Crippen LogP contribution in [0.3, 0.4) is 0 Å². The molecule has 0 aliphatic heterocycles. The maximum Gasteiger partial charge on any atom is 0.261 e. The van der Waals surface area contributed by atoms with Crippen molar-refractivity contribution in [1.29, 1.82) is 0 Å². The molecule has 0 saturated heterocycles. The number of nitrogens with zero attached hydrogens (tertiary/aromatic N) is 4. The Labute approximate surface area is 192 Å². The first-order valence-corrected chi connectivity index (χ1v) is 12.2. The molecule has 168 valence electrons. The van der Waals surface area contributed by atoms with E-state index in [0.29, 0.717) is 29.0 Å². The van der Waals surface area contributed by atoms with Gasteiger partial charge in [-0.15, -0.1) is 0 Å². The number of ether oxygens (including phenoxy) is 1. The van der Waals surface area contributed by atoms with Crippen molar-refractivity contribution in [1.82, 2.24) is 19.5 Å². The average molecular weight is 462 g/mol. The number of nitrogens with one attached hydrogen (secondary N) is 1. The molecule has 0 bridgehead atoms. The highest BCUT2D eigenvalue weighted by Gasteiger charge is 2.18. The highest BCUT2D eigenvalue weighted by molar-refractivity contribution is 7.92. The van der Waals surface area contributed by atoms with Crippen molar-refractivity contribution in [3.8, 4) is 17.4 Å². The van der Waals surface area contributed by atoms with Gasteiger partial charge in [-0.05, 0) is 80.1 Å². The number of sulfonamides is 1. The van der Waals surface area contributed by atoms with Crippen LogP contribution in [-0.2, 0) is 22.9 Å². The Balaban J connectivity index is 1.31. The molecule has 1 aliphatic carbocycles. The van der Waals surface area contributed by atoms with E-state index >= 15 is 0 Å². The number of aromatic nitrogens is 4. The van der Waals surface area contributed by atoms with Crippen molar-refractivity contribution in [2.75, 3.05) is 4.72 Å². The van der Waals surface area contributed by atoms with E-state index in [2.05, 4.69) is 19.7 Å². The highest BCUT2D eigenvalue weighted by Crippen LogP contribution is 2.27. The summed E-state index contributed by atoms with van der Waals surface area (Å²) in [6.07, 6.45) is 9.30. The minimum absolute atomic E-state index is 0.284. The third kappa shape index (κ3) is 4.73. The molecule has 2 aromatic carbocycles. The van der Waals surface area contributed by atoms with Gasteiger partial charge in [0.05, 0.1) is 4.90 Å². The van der Waals surface area contributed by atoms with Crippen molar-refractivity contribution in [2.45, 2.75) is 37.5 Å². The van der Waals surface area contributed by atoms with E-state index in [1.165, 1.54) is 5.56 Å². The van der Waals surface area contributed by atoms with Gasteiger partial charge in [-0.3, -0.25) is 9.29 Å². The van der Waals surface area contributed by atoms with Crippen LogP contribution in [0.15, 0.2) is 72.1 Å². The third-order valence-electron chi connectivity index (χ3n) is 5.53. The predicted molar refractivity (Wildman–Crippen MR) is 124 cm³/mol. The Morgan fingerprint density at radius 1 is 0.970 bits per heavy atom. The zero-order valence-electron chi connectivity index (χ0n) is 18.1. The van der Waals surface area contributed by atoms with Crippen molar-refractivity contribution in [3.05, 3.63) is 84.2 Å². The number of imidazole rings is 1. The van der Waals surface area contributed by atoms with Gasteiger partial charge in [-0.25, -0.2) is 18.4 Å². The molecule has 0 saturated carbocycles. The van der Waals surface area contributed by atoms with Gasteiger partial charge in [0, 0.05) is 24.1 Å². The van der Waals surface area contributed by atoms with E-state index in [4.69, 9.17) is 4.74 Å². The summed E-state index contributed by atoms with van der Waals surface area (Å²) >= 11 is 0. The number of fused-ring (bicyclic) bond motifs is 1. The molecule has 1 N–H and O–H groups in total. The number of rotatable bonds is 6. The van der Waals surface area contributed by atoms with E-state index in [1.54, 1.807) is 72.7 Å². The fraction of sp³-hybridized carbons (Fsp3) is 0.208. The van der Waals surface area contributed by atoms with Crippen LogP contribution in [0.1, 0.15) is 29.8 Å². The summed E-state index contributed by atoms with van der Waals surface area (Å²) in [4.78, 5) is 13.0.